The summed E-state index contributed by atoms with van der Waals surface area (Å²) in [5.74, 6) is 1.17. The molecule has 1 saturated heterocycles. The van der Waals surface area contributed by atoms with Gasteiger partial charge in [-0.1, -0.05) is 0 Å². The first-order valence-corrected chi connectivity index (χ1v) is 7.73. The molecule has 1 aliphatic rings. The average molecular weight is 306 g/mol. The molecule has 2 heterocycles. The number of hydrogen-bond acceptors (Lipinski definition) is 5. The Labute approximate surface area is 132 Å². The molecule has 6 heteroatoms. The fraction of sp³-hybridized carbons (Fsp3) is 0.625. The van der Waals surface area contributed by atoms with Crippen molar-refractivity contribution in [1.82, 2.24) is 15.2 Å². The van der Waals surface area contributed by atoms with Crippen LogP contribution >= 0.6 is 0 Å². The third kappa shape index (κ3) is 4.42. The van der Waals surface area contributed by atoms with E-state index in [0.717, 1.165) is 32.7 Å². The summed E-state index contributed by atoms with van der Waals surface area (Å²) in [7, 11) is 5.51. The van der Waals surface area contributed by atoms with Crippen molar-refractivity contribution in [3.63, 3.8) is 0 Å². The van der Waals surface area contributed by atoms with Gasteiger partial charge in [0.15, 0.2) is 0 Å². The zero-order valence-electron chi connectivity index (χ0n) is 13.7. The summed E-state index contributed by atoms with van der Waals surface area (Å²) in [5, 5.41) is 3.05. The summed E-state index contributed by atoms with van der Waals surface area (Å²) in [6.45, 7) is 4.55. The minimum Gasteiger partial charge on any atom is -0.383 e. The van der Waals surface area contributed by atoms with Crippen molar-refractivity contribution in [1.29, 1.82) is 0 Å². The number of nitrogens with zero attached hydrogens (tertiary/aromatic N) is 3. The predicted octanol–water partition coefficient (Wildman–Crippen LogP) is 0.846. The maximum Gasteiger partial charge on any atom is 0.255 e. The smallest absolute Gasteiger partial charge is 0.255 e. The highest BCUT2D eigenvalue weighted by molar-refractivity contribution is 5.98. The molecule has 1 N–H and O–H groups in total. The monoisotopic (exact) mass is 306 g/mol. The molecule has 122 valence electrons. The fourth-order valence-electron chi connectivity index (χ4n) is 2.77. The molecule has 1 amide bonds. The molecule has 1 aromatic rings. The molecule has 0 spiro atoms. The SMILES string of the molecule is COCCN1CC[C@H](CNC(=O)c2cccnc2N(C)C)C1. The Morgan fingerprint density at radius 2 is 2.36 bits per heavy atom. The van der Waals surface area contributed by atoms with Crippen LogP contribution in [-0.4, -0.2) is 69.8 Å². The highest BCUT2D eigenvalue weighted by atomic mass is 16.5. The Kier molecular flexibility index (Phi) is 6.15. The van der Waals surface area contributed by atoms with Gasteiger partial charge in [-0.25, -0.2) is 4.98 Å². The number of aromatic nitrogens is 1. The second-order valence-corrected chi connectivity index (χ2v) is 5.93. The predicted molar refractivity (Wildman–Crippen MR) is 87.3 cm³/mol. The van der Waals surface area contributed by atoms with E-state index >= 15 is 0 Å². The van der Waals surface area contributed by atoms with Crippen molar-refractivity contribution in [3.05, 3.63) is 23.9 Å². The Morgan fingerprint density at radius 1 is 1.55 bits per heavy atom. The van der Waals surface area contributed by atoms with E-state index < -0.39 is 0 Å². The van der Waals surface area contributed by atoms with Crippen LogP contribution in [0.4, 0.5) is 5.82 Å². The van der Waals surface area contributed by atoms with E-state index in [9.17, 15) is 4.79 Å². The first-order valence-electron chi connectivity index (χ1n) is 7.73. The maximum absolute atomic E-state index is 12.4. The summed E-state index contributed by atoms with van der Waals surface area (Å²) >= 11 is 0. The molecule has 1 fully saturated rings. The van der Waals surface area contributed by atoms with Gasteiger partial charge in [-0.05, 0) is 31.0 Å². The number of carbonyl (C=O) groups is 1. The first-order chi connectivity index (χ1) is 10.6. The summed E-state index contributed by atoms with van der Waals surface area (Å²) in [6.07, 6.45) is 2.83. The Balaban J connectivity index is 1.84. The lowest BCUT2D eigenvalue weighted by Crippen LogP contribution is -2.32. The molecule has 2 rings (SSSR count). The van der Waals surface area contributed by atoms with Crippen molar-refractivity contribution in [2.24, 2.45) is 5.92 Å². The number of anilines is 1. The molecular formula is C16H26N4O2. The number of likely N-dealkylation sites (tertiary alicyclic amines) is 1. The summed E-state index contributed by atoms with van der Waals surface area (Å²) in [5.41, 5.74) is 0.627. The fourth-order valence-corrected chi connectivity index (χ4v) is 2.77. The summed E-state index contributed by atoms with van der Waals surface area (Å²) < 4.78 is 5.11. The minimum atomic E-state index is -0.0489. The largest absolute Gasteiger partial charge is 0.383 e. The molecule has 1 atom stereocenters. The second-order valence-electron chi connectivity index (χ2n) is 5.93. The van der Waals surface area contributed by atoms with Crippen LogP contribution in [0, 0.1) is 5.92 Å². The molecule has 0 bridgehead atoms. The molecule has 22 heavy (non-hydrogen) atoms. The molecule has 1 aromatic heterocycles. The van der Waals surface area contributed by atoms with E-state index in [-0.39, 0.29) is 5.91 Å². The highest BCUT2D eigenvalue weighted by Gasteiger charge is 2.23. The number of rotatable bonds is 7. The molecule has 0 aromatic carbocycles. The maximum atomic E-state index is 12.4. The van der Waals surface area contributed by atoms with Crippen molar-refractivity contribution in [3.8, 4) is 0 Å². The quantitative estimate of drug-likeness (QED) is 0.809. The van der Waals surface area contributed by atoms with Gasteiger partial charge in [0.05, 0.1) is 12.2 Å². The van der Waals surface area contributed by atoms with Gasteiger partial charge in [0.1, 0.15) is 5.82 Å². The molecule has 1 aliphatic heterocycles. The lowest BCUT2D eigenvalue weighted by molar-refractivity contribution is 0.0947. The average Bonchev–Trinajstić information content (AvgIpc) is 2.98. The van der Waals surface area contributed by atoms with E-state index in [2.05, 4.69) is 15.2 Å². The lowest BCUT2D eigenvalue weighted by atomic mass is 10.1. The van der Waals surface area contributed by atoms with Crippen LogP contribution in [0.15, 0.2) is 18.3 Å². The zero-order valence-corrected chi connectivity index (χ0v) is 13.7. The van der Waals surface area contributed by atoms with Crippen LogP contribution in [0.2, 0.25) is 0 Å². The molecule has 0 radical (unpaired) electrons. The van der Waals surface area contributed by atoms with Crippen LogP contribution in [0.1, 0.15) is 16.8 Å². The van der Waals surface area contributed by atoms with Gasteiger partial charge in [-0.15, -0.1) is 0 Å². The van der Waals surface area contributed by atoms with Crippen LogP contribution in [0.5, 0.6) is 0 Å². The van der Waals surface area contributed by atoms with E-state index in [1.807, 2.05) is 25.1 Å². The van der Waals surface area contributed by atoms with Gasteiger partial charge in [0, 0.05) is 47.0 Å². The van der Waals surface area contributed by atoms with E-state index in [0.29, 0.717) is 23.8 Å². The standard InChI is InChI=1S/C16H26N4O2/c1-19(2)15-14(5-4-7-17-15)16(21)18-11-13-6-8-20(12-13)9-10-22-3/h4-5,7,13H,6,8-12H2,1-3H3,(H,18,21)/t13-/m1/s1. The van der Waals surface area contributed by atoms with Crippen molar-refractivity contribution in [2.75, 3.05) is 58.9 Å². The van der Waals surface area contributed by atoms with Crippen LogP contribution in [-0.2, 0) is 4.74 Å². The van der Waals surface area contributed by atoms with Crippen molar-refractivity contribution < 1.29 is 9.53 Å². The number of carbonyl (C=O) groups excluding carboxylic acids is 1. The van der Waals surface area contributed by atoms with Gasteiger partial charge >= 0.3 is 0 Å². The lowest BCUT2D eigenvalue weighted by Gasteiger charge is -2.17. The van der Waals surface area contributed by atoms with Crippen LogP contribution in [0.25, 0.3) is 0 Å². The van der Waals surface area contributed by atoms with Crippen LogP contribution in [0.3, 0.4) is 0 Å². The number of nitrogens with one attached hydrogen (secondary N) is 1. The van der Waals surface area contributed by atoms with E-state index in [1.54, 1.807) is 19.4 Å². The molecule has 0 saturated carbocycles. The van der Waals surface area contributed by atoms with Crippen molar-refractivity contribution in [2.45, 2.75) is 6.42 Å². The van der Waals surface area contributed by atoms with Gasteiger partial charge < -0.3 is 19.9 Å². The van der Waals surface area contributed by atoms with Gasteiger partial charge in [0.25, 0.3) is 5.91 Å². The number of ether oxygens (including phenoxy) is 1. The molecule has 0 aliphatic carbocycles. The number of pyridine rings is 1. The topological polar surface area (TPSA) is 57.7 Å². The first kappa shape index (κ1) is 16.7. The zero-order chi connectivity index (χ0) is 15.9. The van der Waals surface area contributed by atoms with Gasteiger partial charge in [0.2, 0.25) is 0 Å². The Hall–Kier alpha value is -1.66. The summed E-state index contributed by atoms with van der Waals surface area (Å²) in [6, 6.07) is 3.61. The van der Waals surface area contributed by atoms with E-state index in [1.165, 1.54) is 0 Å². The summed E-state index contributed by atoms with van der Waals surface area (Å²) in [4.78, 5) is 20.9. The second kappa shape index (κ2) is 8.10. The highest BCUT2D eigenvalue weighted by Crippen LogP contribution is 2.17. The third-order valence-electron chi connectivity index (χ3n) is 3.99. The molecule has 6 nitrogen and oxygen atoms in total. The van der Waals surface area contributed by atoms with Gasteiger partial charge in [-0.3, -0.25) is 4.79 Å². The van der Waals surface area contributed by atoms with Crippen LogP contribution < -0.4 is 10.2 Å². The Morgan fingerprint density at radius 3 is 3.09 bits per heavy atom. The normalized spacial score (nSPS) is 18.4. The van der Waals surface area contributed by atoms with Gasteiger partial charge in [-0.2, -0.15) is 0 Å². The van der Waals surface area contributed by atoms with Crippen molar-refractivity contribution >= 4 is 11.7 Å². The Bertz CT molecular complexity index is 493. The molecule has 0 unspecified atom stereocenters. The number of methoxy groups -OCH3 is 1. The number of amides is 1. The minimum absolute atomic E-state index is 0.0489. The van der Waals surface area contributed by atoms with E-state index in [4.69, 9.17) is 4.74 Å². The molecular weight excluding hydrogens is 280 g/mol. The third-order valence-corrected chi connectivity index (χ3v) is 3.99. The number of hydrogen-bond donors (Lipinski definition) is 1.